The number of aromatic nitrogens is 1. The Labute approximate surface area is 161 Å². The zero-order valence-electron chi connectivity index (χ0n) is 16.4. The lowest BCUT2D eigenvalue weighted by Crippen LogP contribution is -2.47. The Bertz CT molecular complexity index is 756. The van der Waals surface area contributed by atoms with Crippen LogP contribution in [0.3, 0.4) is 0 Å². The molecule has 5 heteroatoms. The summed E-state index contributed by atoms with van der Waals surface area (Å²) in [7, 11) is 0. The lowest BCUT2D eigenvalue weighted by molar-refractivity contribution is -0.118. The minimum atomic E-state index is 0.358. The summed E-state index contributed by atoms with van der Waals surface area (Å²) in [6.45, 7) is 7.16. The molecule has 0 spiro atoms. The van der Waals surface area contributed by atoms with Crippen molar-refractivity contribution < 1.29 is 9.32 Å². The smallest absolute Gasteiger partial charge is 0.180 e. The molecule has 2 heterocycles. The molecule has 1 aromatic carbocycles. The molecule has 1 saturated heterocycles. The van der Waals surface area contributed by atoms with E-state index in [0.29, 0.717) is 11.7 Å². The van der Waals surface area contributed by atoms with Crippen molar-refractivity contribution in [3.63, 3.8) is 0 Å². The molecule has 1 aliphatic heterocycles. The van der Waals surface area contributed by atoms with Crippen molar-refractivity contribution in [1.82, 2.24) is 10.1 Å². The van der Waals surface area contributed by atoms with Gasteiger partial charge in [0.2, 0.25) is 0 Å². The number of carbonyl (C=O) groups excluding carboxylic acids is 1. The van der Waals surface area contributed by atoms with E-state index in [1.165, 1.54) is 38.6 Å². The average molecular weight is 370 g/mol. The number of ketones is 1. The topological polar surface area (TPSA) is 49.6 Å². The monoisotopic (exact) mass is 369 g/mol. The summed E-state index contributed by atoms with van der Waals surface area (Å²) in [6, 6.07) is 8.11. The first kappa shape index (κ1) is 18.5. The van der Waals surface area contributed by atoms with Crippen LogP contribution < -0.4 is 4.90 Å². The molecule has 146 valence electrons. The van der Waals surface area contributed by atoms with Gasteiger partial charge in [-0.2, -0.15) is 0 Å². The third kappa shape index (κ3) is 4.52. The van der Waals surface area contributed by atoms with Gasteiger partial charge in [-0.15, -0.1) is 0 Å². The third-order valence-electron chi connectivity index (χ3n) is 6.43. The summed E-state index contributed by atoms with van der Waals surface area (Å²) in [6.07, 6.45) is 7.21. The third-order valence-corrected chi connectivity index (χ3v) is 6.43. The largest absolute Gasteiger partial charge is 0.354 e. The number of carbonyl (C=O) groups is 1. The van der Waals surface area contributed by atoms with E-state index in [9.17, 15) is 4.79 Å². The summed E-state index contributed by atoms with van der Waals surface area (Å²) in [5.74, 6) is 2.86. The lowest BCUT2D eigenvalue weighted by atomic mass is 9.78. The number of Topliss-reactive ketones (excluding diaryl/α,β-unsaturated/α-hetero) is 1. The number of benzene rings is 1. The number of piperazine rings is 1. The number of fused-ring (bicyclic) bond motifs is 1. The number of anilines is 1. The fourth-order valence-electron chi connectivity index (χ4n) is 4.78. The number of nitrogens with zero attached hydrogens (tertiary/aromatic N) is 3. The number of hydrogen-bond acceptors (Lipinski definition) is 5. The molecule has 0 amide bonds. The Kier molecular flexibility index (Phi) is 5.77. The Morgan fingerprint density at radius 2 is 1.78 bits per heavy atom. The normalized spacial score (nSPS) is 24.4. The van der Waals surface area contributed by atoms with Crippen molar-refractivity contribution in [2.75, 3.05) is 37.6 Å². The Hall–Kier alpha value is -1.88. The summed E-state index contributed by atoms with van der Waals surface area (Å²) in [4.78, 5) is 16.2. The Morgan fingerprint density at radius 3 is 2.52 bits per heavy atom. The predicted molar refractivity (Wildman–Crippen MR) is 108 cm³/mol. The first-order valence-electron chi connectivity index (χ1n) is 10.5. The van der Waals surface area contributed by atoms with E-state index in [0.717, 1.165) is 55.3 Å². The molecule has 0 radical (unpaired) electrons. The van der Waals surface area contributed by atoms with Gasteiger partial charge in [0.15, 0.2) is 11.4 Å². The second-order valence-electron chi connectivity index (χ2n) is 8.41. The second kappa shape index (κ2) is 8.42. The zero-order chi connectivity index (χ0) is 18.6. The van der Waals surface area contributed by atoms with Crippen LogP contribution in [-0.4, -0.2) is 48.6 Å². The van der Waals surface area contributed by atoms with Crippen LogP contribution in [0.15, 0.2) is 28.8 Å². The van der Waals surface area contributed by atoms with Gasteiger partial charge in [-0.05, 0) is 56.7 Å². The fourth-order valence-corrected chi connectivity index (χ4v) is 4.78. The van der Waals surface area contributed by atoms with E-state index < -0.39 is 0 Å². The average Bonchev–Trinajstić information content (AvgIpc) is 3.12. The van der Waals surface area contributed by atoms with Crippen molar-refractivity contribution in [1.29, 1.82) is 0 Å². The van der Waals surface area contributed by atoms with Gasteiger partial charge in [-0.1, -0.05) is 30.1 Å². The van der Waals surface area contributed by atoms with Crippen LogP contribution in [-0.2, 0) is 4.79 Å². The molecule has 2 fully saturated rings. The van der Waals surface area contributed by atoms with Crippen molar-refractivity contribution in [3.8, 4) is 0 Å². The summed E-state index contributed by atoms with van der Waals surface area (Å²) in [5.41, 5.74) is 0.871. The summed E-state index contributed by atoms with van der Waals surface area (Å²) < 4.78 is 5.46. The molecule has 5 nitrogen and oxygen atoms in total. The van der Waals surface area contributed by atoms with E-state index >= 15 is 0 Å². The lowest BCUT2D eigenvalue weighted by Gasteiger charge is -2.36. The van der Waals surface area contributed by atoms with Gasteiger partial charge in [-0.25, -0.2) is 0 Å². The van der Waals surface area contributed by atoms with E-state index in [1.807, 2.05) is 18.2 Å². The maximum Gasteiger partial charge on any atom is 0.180 e. The molecule has 0 unspecified atom stereocenters. The maximum atomic E-state index is 11.3. The van der Waals surface area contributed by atoms with Crippen LogP contribution in [0.1, 0.15) is 45.4 Å². The minimum Gasteiger partial charge on any atom is -0.354 e. The van der Waals surface area contributed by atoms with E-state index in [4.69, 9.17) is 4.52 Å². The highest BCUT2D eigenvalue weighted by Gasteiger charge is 2.24. The number of para-hydroxylation sites is 1. The number of rotatable bonds is 6. The van der Waals surface area contributed by atoms with Crippen LogP contribution in [0.5, 0.6) is 0 Å². The van der Waals surface area contributed by atoms with Gasteiger partial charge >= 0.3 is 0 Å². The van der Waals surface area contributed by atoms with Gasteiger partial charge in [0.1, 0.15) is 5.78 Å². The van der Waals surface area contributed by atoms with Gasteiger partial charge in [0.25, 0.3) is 0 Å². The first-order valence-corrected chi connectivity index (χ1v) is 10.5. The highest BCUT2D eigenvalue weighted by atomic mass is 16.5. The first-order chi connectivity index (χ1) is 13.2. The van der Waals surface area contributed by atoms with Crippen LogP contribution >= 0.6 is 0 Å². The van der Waals surface area contributed by atoms with Crippen molar-refractivity contribution in [3.05, 3.63) is 24.3 Å². The zero-order valence-corrected chi connectivity index (χ0v) is 16.4. The van der Waals surface area contributed by atoms with Crippen LogP contribution in [0, 0.1) is 11.8 Å². The van der Waals surface area contributed by atoms with Crippen LogP contribution in [0.2, 0.25) is 0 Å². The highest BCUT2D eigenvalue weighted by molar-refractivity contribution is 5.88. The molecule has 2 aromatic rings. The molecule has 27 heavy (non-hydrogen) atoms. The maximum absolute atomic E-state index is 11.3. The Balaban J connectivity index is 1.21. The molecule has 0 N–H and O–H groups in total. The van der Waals surface area contributed by atoms with E-state index in [2.05, 4.69) is 21.0 Å². The summed E-state index contributed by atoms with van der Waals surface area (Å²) >= 11 is 0. The minimum absolute atomic E-state index is 0.358. The van der Waals surface area contributed by atoms with E-state index in [1.54, 1.807) is 6.92 Å². The van der Waals surface area contributed by atoms with Gasteiger partial charge in [-0.3, -0.25) is 4.90 Å². The molecule has 1 aliphatic carbocycles. The Morgan fingerprint density at radius 1 is 1.07 bits per heavy atom. The van der Waals surface area contributed by atoms with E-state index in [-0.39, 0.29) is 0 Å². The molecule has 0 atom stereocenters. The fraction of sp³-hybridized carbons (Fsp3) is 0.636. The van der Waals surface area contributed by atoms with Gasteiger partial charge < -0.3 is 14.2 Å². The summed E-state index contributed by atoms with van der Waals surface area (Å²) in [5, 5.41) is 5.42. The van der Waals surface area contributed by atoms with Gasteiger partial charge in [0, 0.05) is 32.6 Å². The molecule has 4 rings (SSSR count). The molecular weight excluding hydrogens is 338 g/mol. The van der Waals surface area contributed by atoms with Crippen molar-refractivity contribution in [2.24, 2.45) is 11.8 Å². The molecule has 1 saturated carbocycles. The SMILES string of the molecule is CC(=O)C[C@H]1CC[C@H](CCN2CCN(c3noc4ccccc34)CC2)CC1. The predicted octanol–water partition coefficient (Wildman–Crippen LogP) is 4.13. The van der Waals surface area contributed by atoms with Crippen molar-refractivity contribution >= 4 is 22.6 Å². The number of hydrogen-bond donors (Lipinski definition) is 0. The van der Waals surface area contributed by atoms with Crippen molar-refractivity contribution in [2.45, 2.75) is 45.4 Å². The highest BCUT2D eigenvalue weighted by Crippen LogP contribution is 2.33. The molecular formula is C22H31N3O2. The van der Waals surface area contributed by atoms with Crippen LogP contribution in [0.4, 0.5) is 5.82 Å². The molecule has 2 aliphatic rings. The quantitative estimate of drug-likeness (QED) is 0.766. The van der Waals surface area contributed by atoms with Crippen LogP contribution in [0.25, 0.3) is 11.0 Å². The molecule has 1 aromatic heterocycles. The standard InChI is InChI=1S/C22H31N3O2/c1-17(26)16-19-8-6-18(7-9-19)10-11-24-12-14-25(15-13-24)22-20-4-2-3-5-21(20)27-23-22/h2-5,18-19H,6-16H2,1H3/t18-,19-. The molecule has 0 bridgehead atoms. The second-order valence-corrected chi connectivity index (χ2v) is 8.41. The van der Waals surface area contributed by atoms with Gasteiger partial charge in [0.05, 0.1) is 5.39 Å².